The Kier molecular flexibility index (Phi) is 5.77. The van der Waals surface area contributed by atoms with E-state index in [0.29, 0.717) is 0 Å². The van der Waals surface area contributed by atoms with Gasteiger partial charge >= 0.3 is 0 Å². The zero-order valence-corrected chi connectivity index (χ0v) is 24.6. The van der Waals surface area contributed by atoms with Crippen LogP contribution in [0.5, 0.6) is 0 Å². The second-order valence-corrected chi connectivity index (χ2v) is 12.7. The van der Waals surface area contributed by atoms with Gasteiger partial charge in [0.05, 0.1) is 0 Å². The number of thiophene rings is 1. The molecule has 0 aliphatic heterocycles. The van der Waals surface area contributed by atoms with E-state index in [4.69, 9.17) is 0 Å². The van der Waals surface area contributed by atoms with Crippen molar-refractivity contribution in [3.8, 4) is 54.3 Å². The highest BCUT2D eigenvalue weighted by Crippen LogP contribution is 2.52. The maximum atomic E-state index is 2.45. The van der Waals surface area contributed by atoms with Crippen LogP contribution in [0, 0.1) is 0 Å². The Bertz CT molecular complexity index is 2100. The Balaban J connectivity index is 1.31. The predicted octanol–water partition coefficient (Wildman–Crippen LogP) is 11.9. The molecule has 1 heteroatoms. The molecule has 1 aromatic heterocycles. The van der Waals surface area contributed by atoms with Crippen molar-refractivity contribution < 1.29 is 0 Å². The van der Waals surface area contributed by atoms with Gasteiger partial charge in [-0.1, -0.05) is 147 Å². The van der Waals surface area contributed by atoms with E-state index in [9.17, 15) is 0 Å². The average Bonchev–Trinajstić information content (AvgIpc) is 3.54. The van der Waals surface area contributed by atoms with Gasteiger partial charge in [-0.25, -0.2) is 0 Å². The van der Waals surface area contributed by atoms with Crippen molar-refractivity contribution in [3.05, 3.63) is 157 Å². The summed E-state index contributed by atoms with van der Waals surface area (Å²) in [5, 5.41) is 2.63. The first-order valence-electron chi connectivity index (χ1n) is 14.6. The summed E-state index contributed by atoms with van der Waals surface area (Å²) < 4.78 is 0. The Labute approximate surface area is 251 Å². The highest BCUT2D eigenvalue weighted by Gasteiger charge is 2.36. The standard InChI is InChI=1S/C41H30S/c1-41(2)37-23-21-29(27-13-5-3-6-14-27)25-35(37)36-26-30(22-24-38(36)41)39-33-19-11-12-20-34(33)40(42-39)32-18-10-9-17-31(32)28-15-7-4-8-16-28/h3-26H,1-2H3. The van der Waals surface area contributed by atoms with Crippen LogP contribution in [0.25, 0.3) is 65.0 Å². The number of rotatable bonds is 4. The number of benzene rings is 6. The minimum atomic E-state index is -0.0320. The van der Waals surface area contributed by atoms with E-state index in [-0.39, 0.29) is 5.41 Å². The maximum absolute atomic E-state index is 2.45. The summed E-state index contributed by atoms with van der Waals surface area (Å²) in [4.78, 5) is 2.66. The Morgan fingerprint density at radius 2 is 0.881 bits per heavy atom. The molecule has 0 amide bonds. The smallest absolute Gasteiger partial charge is 0.0434 e. The van der Waals surface area contributed by atoms with Crippen LogP contribution in [0.1, 0.15) is 25.0 Å². The topological polar surface area (TPSA) is 0 Å². The van der Waals surface area contributed by atoms with Crippen molar-refractivity contribution >= 4 is 22.1 Å². The summed E-state index contributed by atoms with van der Waals surface area (Å²) in [5.41, 5.74) is 13.1. The number of hydrogen-bond donors (Lipinski definition) is 0. The zero-order chi connectivity index (χ0) is 28.3. The van der Waals surface area contributed by atoms with Gasteiger partial charge in [-0.2, -0.15) is 0 Å². The summed E-state index contributed by atoms with van der Waals surface area (Å²) in [6.07, 6.45) is 0. The first kappa shape index (κ1) is 25.0. The third kappa shape index (κ3) is 3.89. The van der Waals surface area contributed by atoms with Crippen LogP contribution in [0.2, 0.25) is 0 Å². The molecule has 1 aliphatic carbocycles. The highest BCUT2D eigenvalue weighted by molar-refractivity contribution is 7.21. The third-order valence-electron chi connectivity index (χ3n) is 8.92. The lowest BCUT2D eigenvalue weighted by Crippen LogP contribution is -2.14. The van der Waals surface area contributed by atoms with Crippen molar-refractivity contribution in [2.75, 3.05) is 0 Å². The van der Waals surface area contributed by atoms with Gasteiger partial charge in [-0.3, -0.25) is 0 Å². The first-order valence-corrected chi connectivity index (χ1v) is 15.4. The van der Waals surface area contributed by atoms with Crippen LogP contribution in [0.15, 0.2) is 146 Å². The van der Waals surface area contributed by atoms with E-state index in [2.05, 4.69) is 159 Å². The van der Waals surface area contributed by atoms with Crippen molar-refractivity contribution in [1.82, 2.24) is 0 Å². The molecule has 0 atom stereocenters. The lowest BCUT2D eigenvalue weighted by Gasteiger charge is -2.21. The van der Waals surface area contributed by atoms with Gasteiger partial charge in [0.2, 0.25) is 0 Å². The molecular weight excluding hydrogens is 525 g/mol. The van der Waals surface area contributed by atoms with E-state index >= 15 is 0 Å². The zero-order valence-electron chi connectivity index (χ0n) is 23.8. The van der Waals surface area contributed by atoms with E-state index < -0.39 is 0 Å². The molecule has 0 fully saturated rings. The fourth-order valence-electron chi connectivity index (χ4n) is 6.78. The molecule has 0 saturated heterocycles. The Hall–Kier alpha value is -4.72. The summed E-state index contributed by atoms with van der Waals surface area (Å²) in [6, 6.07) is 53.4. The molecule has 1 heterocycles. The van der Waals surface area contributed by atoms with Crippen molar-refractivity contribution in [2.45, 2.75) is 19.3 Å². The predicted molar refractivity (Wildman–Crippen MR) is 181 cm³/mol. The molecular formula is C41H30S. The molecule has 0 saturated carbocycles. The quantitative estimate of drug-likeness (QED) is 0.203. The molecule has 0 radical (unpaired) electrons. The lowest BCUT2D eigenvalue weighted by atomic mass is 9.82. The van der Waals surface area contributed by atoms with E-state index in [1.165, 1.54) is 76.2 Å². The monoisotopic (exact) mass is 554 g/mol. The van der Waals surface area contributed by atoms with Gasteiger partial charge in [-0.15, -0.1) is 11.3 Å². The van der Waals surface area contributed by atoms with Crippen LogP contribution in [0.4, 0.5) is 0 Å². The summed E-state index contributed by atoms with van der Waals surface area (Å²) in [5.74, 6) is 0. The molecule has 0 nitrogen and oxygen atoms in total. The van der Waals surface area contributed by atoms with Crippen molar-refractivity contribution in [1.29, 1.82) is 0 Å². The first-order chi connectivity index (χ1) is 20.6. The van der Waals surface area contributed by atoms with E-state index in [1.54, 1.807) is 0 Å². The molecule has 0 bridgehead atoms. The van der Waals surface area contributed by atoms with Crippen LogP contribution in [-0.2, 0) is 5.41 Å². The molecule has 0 spiro atoms. The van der Waals surface area contributed by atoms with Gasteiger partial charge in [0.25, 0.3) is 0 Å². The van der Waals surface area contributed by atoms with E-state index in [0.717, 1.165) is 0 Å². The summed E-state index contributed by atoms with van der Waals surface area (Å²) in [7, 11) is 0. The minimum absolute atomic E-state index is 0.0320. The Morgan fingerprint density at radius 1 is 0.381 bits per heavy atom. The number of hydrogen-bond acceptors (Lipinski definition) is 1. The molecule has 6 aromatic carbocycles. The maximum Gasteiger partial charge on any atom is 0.0434 e. The fraction of sp³-hybridized carbons (Fsp3) is 0.0732. The normalized spacial score (nSPS) is 13.2. The fourth-order valence-corrected chi connectivity index (χ4v) is 8.09. The second kappa shape index (κ2) is 9.69. The molecule has 7 aromatic rings. The van der Waals surface area contributed by atoms with Crippen LogP contribution in [-0.4, -0.2) is 0 Å². The number of fused-ring (bicyclic) bond motifs is 4. The van der Waals surface area contributed by atoms with Crippen molar-refractivity contribution in [2.24, 2.45) is 0 Å². The largest absolute Gasteiger partial charge is 0.134 e. The molecule has 200 valence electrons. The molecule has 0 unspecified atom stereocenters. The van der Waals surface area contributed by atoms with Gasteiger partial charge in [0.15, 0.2) is 0 Å². The molecule has 0 N–H and O–H groups in total. The molecule has 8 rings (SSSR count). The summed E-state index contributed by atoms with van der Waals surface area (Å²) in [6.45, 7) is 4.72. The van der Waals surface area contributed by atoms with Crippen LogP contribution < -0.4 is 0 Å². The van der Waals surface area contributed by atoms with Crippen molar-refractivity contribution in [3.63, 3.8) is 0 Å². The van der Waals surface area contributed by atoms with Gasteiger partial charge in [0.1, 0.15) is 0 Å². The second-order valence-electron chi connectivity index (χ2n) is 11.7. The molecule has 42 heavy (non-hydrogen) atoms. The third-order valence-corrected chi connectivity index (χ3v) is 10.2. The van der Waals surface area contributed by atoms with Crippen LogP contribution >= 0.6 is 11.3 Å². The van der Waals surface area contributed by atoms with Crippen LogP contribution in [0.3, 0.4) is 0 Å². The van der Waals surface area contributed by atoms with E-state index in [1.807, 2.05) is 11.3 Å². The summed E-state index contributed by atoms with van der Waals surface area (Å²) >= 11 is 1.91. The highest BCUT2D eigenvalue weighted by atomic mass is 32.1. The minimum Gasteiger partial charge on any atom is -0.134 e. The Morgan fingerprint density at radius 3 is 1.55 bits per heavy atom. The SMILES string of the molecule is CC1(C)c2ccc(-c3ccccc3)cc2-c2cc(-c3sc(-c4ccccc4-c4ccccc4)c4ccccc34)ccc21. The van der Waals surface area contributed by atoms with Gasteiger partial charge in [-0.05, 0) is 62.2 Å². The van der Waals surface area contributed by atoms with Gasteiger partial charge in [0, 0.05) is 31.5 Å². The van der Waals surface area contributed by atoms with Gasteiger partial charge < -0.3 is 0 Å². The average molecular weight is 555 g/mol. The lowest BCUT2D eigenvalue weighted by molar-refractivity contribution is 0.660. The molecule has 1 aliphatic rings.